The van der Waals surface area contributed by atoms with Crippen molar-refractivity contribution in [1.29, 1.82) is 0 Å². The molecule has 6 nitrogen and oxygen atoms in total. The quantitative estimate of drug-likeness (QED) is 0.520. The Balaban J connectivity index is 1.18. The van der Waals surface area contributed by atoms with E-state index in [1.807, 2.05) is 43.3 Å². The number of halogens is 1. The first-order valence-electron chi connectivity index (χ1n) is 11.0. The molecule has 1 fully saturated rings. The number of aromatic nitrogens is 2. The Morgan fingerprint density at radius 3 is 2.31 bits per heavy atom. The van der Waals surface area contributed by atoms with E-state index in [9.17, 15) is 5.11 Å². The summed E-state index contributed by atoms with van der Waals surface area (Å²) in [4.78, 5) is 2.37. The van der Waals surface area contributed by atoms with Crippen LogP contribution in [-0.2, 0) is 13.1 Å². The number of ether oxygens (including phenoxy) is 2. The first-order chi connectivity index (χ1) is 15.5. The van der Waals surface area contributed by atoms with E-state index in [1.165, 1.54) is 11.1 Å². The molecule has 0 bridgehead atoms. The van der Waals surface area contributed by atoms with Crippen LogP contribution in [0, 0.1) is 6.92 Å². The smallest absolute Gasteiger partial charge is 0.119 e. The van der Waals surface area contributed by atoms with Crippen LogP contribution in [-0.4, -0.2) is 51.7 Å². The molecule has 1 aromatic heterocycles. The third-order valence-corrected chi connectivity index (χ3v) is 6.03. The molecule has 0 saturated carbocycles. The number of piperidine rings is 1. The first-order valence-corrected chi connectivity index (χ1v) is 11.4. The Morgan fingerprint density at radius 1 is 1.00 bits per heavy atom. The van der Waals surface area contributed by atoms with Crippen molar-refractivity contribution >= 4 is 11.6 Å². The van der Waals surface area contributed by atoms with Crippen molar-refractivity contribution in [2.45, 2.75) is 38.5 Å². The summed E-state index contributed by atoms with van der Waals surface area (Å²) < 4.78 is 13.4. The zero-order valence-electron chi connectivity index (χ0n) is 18.4. The summed E-state index contributed by atoms with van der Waals surface area (Å²) in [5.41, 5.74) is 1.67. The van der Waals surface area contributed by atoms with Gasteiger partial charge in [-0.15, -0.1) is 0 Å². The molecule has 1 N–H and O–H groups in total. The van der Waals surface area contributed by atoms with Crippen LogP contribution in [0.4, 0.5) is 0 Å². The number of benzene rings is 2. The molecule has 2 heterocycles. The van der Waals surface area contributed by atoms with Crippen LogP contribution in [0.15, 0.2) is 60.9 Å². The average Bonchev–Trinajstić information content (AvgIpc) is 3.21. The summed E-state index contributed by atoms with van der Waals surface area (Å²) in [5.74, 6) is 1.65. The van der Waals surface area contributed by atoms with Crippen LogP contribution in [0.1, 0.15) is 24.0 Å². The topological polar surface area (TPSA) is 59.8 Å². The van der Waals surface area contributed by atoms with E-state index in [0.717, 1.165) is 31.1 Å². The minimum atomic E-state index is -0.766. The fraction of sp³-hybridized carbons (Fsp3) is 0.400. The average molecular weight is 456 g/mol. The highest BCUT2D eigenvalue weighted by molar-refractivity contribution is 6.30. The number of hydrogen-bond donors (Lipinski definition) is 1. The third-order valence-electron chi connectivity index (χ3n) is 5.84. The second-order valence-corrected chi connectivity index (χ2v) is 8.95. The second kappa shape index (κ2) is 10.4. The molecule has 1 saturated heterocycles. The van der Waals surface area contributed by atoms with Crippen molar-refractivity contribution in [2.75, 3.05) is 26.3 Å². The minimum absolute atomic E-state index is 0.334. The van der Waals surface area contributed by atoms with Gasteiger partial charge in [0.2, 0.25) is 0 Å². The summed E-state index contributed by atoms with van der Waals surface area (Å²) in [6.07, 6.45) is 4.81. The Bertz CT molecular complexity index is 980. The Labute approximate surface area is 194 Å². The summed E-state index contributed by atoms with van der Waals surface area (Å²) >= 11 is 5.87. The van der Waals surface area contributed by atoms with E-state index in [-0.39, 0.29) is 0 Å². The molecule has 0 radical (unpaired) electrons. The fourth-order valence-electron chi connectivity index (χ4n) is 3.79. The lowest BCUT2D eigenvalue weighted by Crippen LogP contribution is -2.47. The van der Waals surface area contributed by atoms with Crippen LogP contribution < -0.4 is 9.47 Å². The van der Waals surface area contributed by atoms with E-state index >= 15 is 0 Å². The van der Waals surface area contributed by atoms with Crippen LogP contribution in [0.25, 0.3) is 0 Å². The van der Waals surface area contributed by atoms with Gasteiger partial charge in [0.1, 0.15) is 30.3 Å². The zero-order chi connectivity index (χ0) is 22.4. The molecule has 0 amide bonds. The summed E-state index contributed by atoms with van der Waals surface area (Å²) in [5, 5.41) is 15.7. The van der Waals surface area contributed by atoms with Crippen LogP contribution in [0.2, 0.25) is 5.02 Å². The largest absolute Gasteiger partial charge is 0.492 e. The summed E-state index contributed by atoms with van der Waals surface area (Å²) in [7, 11) is 0. The molecule has 170 valence electrons. The van der Waals surface area contributed by atoms with Crippen LogP contribution >= 0.6 is 11.6 Å². The molecule has 3 aromatic rings. The fourth-order valence-corrected chi connectivity index (χ4v) is 3.95. The monoisotopic (exact) mass is 455 g/mol. The maximum atomic E-state index is 10.9. The molecule has 1 aliphatic heterocycles. The lowest BCUT2D eigenvalue weighted by atomic mass is 9.92. The SMILES string of the molecule is Cc1ccc(OCC2(O)CCN(Cc3ccc(OCCn4cc(Cl)cn4)cc3)CC2)cc1. The molecule has 4 rings (SSSR count). The number of aryl methyl sites for hydroxylation is 1. The molecule has 0 spiro atoms. The van der Waals surface area contributed by atoms with Crippen molar-refractivity contribution in [2.24, 2.45) is 0 Å². The predicted octanol–water partition coefficient (Wildman–Crippen LogP) is 4.33. The van der Waals surface area contributed by atoms with Gasteiger partial charge >= 0.3 is 0 Å². The normalized spacial score (nSPS) is 16.1. The van der Waals surface area contributed by atoms with Crippen molar-refractivity contribution in [3.63, 3.8) is 0 Å². The molecule has 0 atom stereocenters. The van der Waals surface area contributed by atoms with E-state index in [1.54, 1.807) is 17.1 Å². The maximum Gasteiger partial charge on any atom is 0.119 e. The number of nitrogens with zero attached hydrogens (tertiary/aromatic N) is 3. The molecule has 1 aliphatic rings. The van der Waals surface area contributed by atoms with Gasteiger partial charge in [0, 0.05) is 25.8 Å². The van der Waals surface area contributed by atoms with Gasteiger partial charge in [-0.2, -0.15) is 5.10 Å². The van der Waals surface area contributed by atoms with Crippen molar-refractivity contribution < 1.29 is 14.6 Å². The molecule has 0 unspecified atom stereocenters. The van der Waals surface area contributed by atoms with Gasteiger partial charge in [-0.25, -0.2) is 0 Å². The van der Waals surface area contributed by atoms with Crippen molar-refractivity contribution in [3.8, 4) is 11.5 Å². The lowest BCUT2D eigenvalue weighted by Gasteiger charge is -2.38. The van der Waals surface area contributed by atoms with Crippen LogP contribution in [0.3, 0.4) is 0 Å². The highest BCUT2D eigenvalue weighted by Gasteiger charge is 2.33. The number of likely N-dealkylation sites (tertiary alicyclic amines) is 1. The predicted molar refractivity (Wildman–Crippen MR) is 125 cm³/mol. The molecular formula is C25H30ClN3O3. The highest BCUT2D eigenvalue weighted by atomic mass is 35.5. The van der Waals surface area contributed by atoms with Gasteiger partial charge in [-0.05, 0) is 49.6 Å². The Kier molecular flexibility index (Phi) is 7.35. The van der Waals surface area contributed by atoms with E-state index in [0.29, 0.717) is 37.6 Å². The second-order valence-electron chi connectivity index (χ2n) is 8.52. The van der Waals surface area contributed by atoms with Gasteiger partial charge in [0.05, 0.1) is 17.8 Å². The molecular weight excluding hydrogens is 426 g/mol. The van der Waals surface area contributed by atoms with E-state index < -0.39 is 5.60 Å². The third kappa shape index (κ3) is 6.48. The van der Waals surface area contributed by atoms with Crippen LogP contribution in [0.5, 0.6) is 11.5 Å². The van der Waals surface area contributed by atoms with Gasteiger partial charge < -0.3 is 14.6 Å². The summed E-state index contributed by atoms with van der Waals surface area (Å²) in [6.45, 7) is 6.12. The van der Waals surface area contributed by atoms with Gasteiger partial charge in [-0.3, -0.25) is 9.58 Å². The molecule has 32 heavy (non-hydrogen) atoms. The maximum absolute atomic E-state index is 10.9. The first kappa shape index (κ1) is 22.6. The minimum Gasteiger partial charge on any atom is -0.492 e. The van der Waals surface area contributed by atoms with Crippen molar-refractivity contribution in [1.82, 2.24) is 14.7 Å². The Hall–Kier alpha value is -2.54. The van der Waals surface area contributed by atoms with Gasteiger partial charge in [-0.1, -0.05) is 41.4 Å². The molecule has 0 aliphatic carbocycles. The molecule has 7 heteroatoms. The summed E-state index contributed by atoms with van der Waals surface area (Å²) in [6, 6.07) is 16.1. The Morgan fingerprint density at radius 2 is 1.66 bits per heavy atom. The lowest BCUT2D eigenvalue weighted by molar-refractivity contribution is -0.0537. The van der Waals surface area contributed by atoms with E-state index in [2.05, 4.69) is 22.1 Å². The number of hydrogen-bond acceptors (Lipinski definition) is 5. The number of rotatable bonds is 9. The highest BCUT2D eigenvalue weighted by Crippen LogP contribution is 2.25. The van der Waals surface area contributed by atoms with Gasteiger partial charge in [0.25, 0.3) is 0 Å². The number of aliphatic hydroxyl groups is 1. The zero-order valence-corrected chi connectivity index (χ0v) is 19.2. The van der Waals surface area contributed by atoms with Gasteiger partial charge in [0.15, 0.2) is 0 Å². The molecule has 2 aromatic carbocycles. The van der Waals surface area contributed by atoms with Crippen molar-refractivity contribution in [3.05, 3.63) is 77.1 Å². The van der Waals surface area contributed by atoms with E-state index in [4.69, 9.17) is 21.1 Å². The standard InChI is InChI=1S/C25H30ClN3O3/c1-20-2-6-24(7-3-20)32-19-25(30)10-12-28(13-11-25)17-21-4-8-23(9-5-21)31-15-14-29-18-22(26)16-27-29/h2-9,16,18,30H,10-15,17,19H2,1H3.